The topological polar surface area (TPSA) is 139 Å². The third-order valence-electron chi connectivity index (χ3n) is 6.10. The number of phenolic OH excluding ortho intramolecular Hbond substituents is 3. The van der Waals surface area contributed by atoms with Gasteiger partial charge in [0.1, 0.15) is 23.8 Å². The lowest BCUT2D eigenvalue weighted by molar-refractivity contribution is -0.927. The predicted molar refractivity (Wildman–Crippen MR) is 132 cm³/mol. The van der Waals surface area contributed by atoms with Gasteiger partial charge in [-0.05, 0) is 24.3 Å². The second kappa shape index (κ2) is 12.1. The molecule has 190 valence electrons. The summed E-state index contributed by atoms with van der Waals surface area (Å²) in [5.41, 5.74) is 1.74. The molecule has 0 atom stereocenters. The molecule has 0 bridgehead atoms. The Bertz CT molecular complexity index is 1130. The molecule has 9 heteroatoms. The van der Waals surface area contributed by atoms with Gasteiger partial charge in [-0.15, -0.1) is 0 Å². The summed E-state index contributed by atoms with van der Waals surface area (Å²) in [6.45, 7) is 0.0655. The summed E-state index contributed by atoms with van der Waals surface area (Å²) in [4.78, 5) is 25.6. The number of aromatic hydroxyl groups is 3. The molecule has 0 radical (unpaired) electrons. The minimum absolute atomic E-state index is 0.00624. The molecule has 0 amide bonds. The molecule has 0 unspecified atom stereocenters. The number of carboxylic acid groups (broad SMARTS) is 2. The fourth-order valence-corrected chi connectivity index (χ4v) is 4.32. The number of nitrogens with zero attached hydrogens (tertiary/aromatic N) is 2. The van der Waals surface area contributed by atoms with Gasteiger partial charge in [0.2, 0.25) is 0 Å². The second-order valence-corrected chi connectivity index (χ2v) is 8.92. The van der Waals surface area contributed by atoms with Crippen molar-refractivity contribution in [2.24, 2.45) is 0 Å². The van der Waals surface area contributed by atoms with Gasteiger partial charge in [0, 0.05) is 36.3 Å². The lowest BCUT2D eigenvalue weighted by Gasteiger charge is -2.38. The smallest absolute Gasteiger partial charge is 0.359 e. The van der Waals surface area contributed by atoms with Crippen molar-refractivity contribution >= 4 is 11.9 Å². The molecule has 5 N–H and O–H groups in total. The first-order valence-corrected chi connectivity index (χ1v) is 11.5. The van der Waals surface area contributed by atoms with Gasteiger partial charge >= 0.3 is 11.9 Å². The van der Waals surface area contributed by atoms with E-state index in [9.17, 15) is 35.1 Å². The van der Waals surface area contributed by atoms with E-state index in [2.05, 4.69) is 0 Å². The summed E-state index contributed by atoms with van der Waals surface area (Å²) in [5, 5.41) is 50.2. The minimum Gasteiger partial charge on any atom is -0.508 e. The van der Waals surface area contributed by atoms with Gasteiger partial charge in [-0.1, -0.05) is 48.5 Å². The maximum absolute atomic E-state index is 11.8. The van der Waals surface area contributed by atoms with Crippen LogP contribution in [0.25, 0.3) is 0 Å². The molecule has 3 aromatic rings. The number of para-hydroxylation sites is 3. The highest BCUT2D eigenvalue weighted by atomic mass is 16.4. The Morgan fingerprint density at radius 3 is 1.42 bits per heavy atom. The fraction of sp³-hybridized carbons (Fsp3) is 0.259. The van der Waals surface area contributed by atoms with E-state index < -0.39 is 25.0 Å². The SMILES string of the molecule is O=C(O)C[N+](CCN(Cc1ccccc1O)Cc1ccccc1O)(CC(=O)O)Cc1ccccc1O. The van der Waals surface area contributed by atoms with E-state index in [0.717, 1.165) is 0 Å². The molecule has 0 fully saturated rings. The summed E-state index contributed by atoms with van der Waals surface area (Å²) < 4.78 is -0.333. The summed E-state index contributed by atoms with van der Waals surface area (Å²) in [6.07, 6.45) is 0. The predicted octanol–water partition coefficient (Wildman–Crippen LogP) is 2.99. The average molecular weight is 496 g/mol. The van der Waals surface area contributed by atoms with E-state index in [0.29, 0.717) is 16.7 Å². The summed E-state index contributed by atoms with van der Waals surface area (Å²) in [6, 6.07) is 20.2. The molecule has 0 aliphatic rings. The average Bonchev–Trinajstić information content (AvgIpc) is 2.81. The first-order chi connectivity index (χ1) is 17.2. The van der Waals surface area contributed by atoms with Gasteiger partial charge in [0.25, 0.3) is 0 Å². The van der Waals surface area contributed by atoms with Crippen molar-refractivity contribution in [3.8, 4) is 17.2 Å². The third-order valence-corrected chi connectivity index (χ3v) is 6.10. The van der Waals surface area contributed by atoms with Crippen LogP contribution >= 0.6 is 0 Å². The van der Waals surface area contributed by atoms with Crippen LogP contribution in [0.1, 0.15) is 16.7 Å². The molecule has 3 aromatic carbocycles. The normalized spacial score (nSPS) is 11.5. The van der Waals surface area contributed by atoms with E-state index in [4.69, 9.17) is 0 Å². The Hall–Kier alpha value is -4.08. The zero-order chi connectivity index (χ0) is 26.1. The van der Waals surface area contributed by atoms with Crippen LogP contribution in [0, 0.1) is 0 Å². The van der Waals surface area contributed by atoms with Crippen molar-refractivity contribution in [3.05, 3.63) is 89.5 Å². The van der Waals surface area contributed by atoms with Gasteiger partial charge in [-0.25, -0.2) is 9.59 Å². The Kier molecular flexibility index (Phi) is 8.88. The van der Waals surface area contributed by atoms with Gasteiger partial charge in [-0.2, -0.15) is 0 Å². The van der Waals surface area contributed by atoms with E-state index in [-0.39, 0.29) is 54.5 Å². The lowest BCUT2D eigenvalue weighted by atomic mass is 10.1. The lowest BCUT2D eigenvalue weighted by Crippen LogP contribution is -2.56. The Labute approximate surface area is 209 Å². The molecule has 36 heavy (non-hydrogen) atoms. The zero-order valence-electron chi connectivity index (χ0n) is 19.8. The Morgan fingerprint density at radius 1 is 0.639 bits per heavy atom. The number of phenols is 3. The number of aliphatic carboxylic acids is 2. The maximum atomic E-state index is 11.8. The molecule has 0 saturated heterocycles. The van der Waals surface area contributed by atoms with Crippen LogP contribution < -0.4 is 0 Å². The molecule has 0 aromatic heterocycles. The van der Waals surface area contributed by atoms with Crippen LogP contribution in [-0.2, 0) is 29.2 Å². The highest BCUT2D eigenvalue weighted by molar-refractivity contribution is 5.70. The van der Waals surface area contributed by atoms with Crippen molar-refractivity contribution in [1.82, 2.24) is 4.90 Å². The van der Waals surface area contributed by atoms with Crippen molar-refractivity contribution in [3.63, 3.8) is 0 Å². The number of hydrogen-bond donors (Lipinski definition) is 5. The van der Waals surface area contributed by atoms with Crippen LogP contribution in [0.5, 0.6) is 17.2 Å². The van der Waals surface area contributed by atoms with Crippen molar-refractivity contribution in [2.45, 2.75) is 19.6 Å². The summed E-state index contributed by atoms with van der Waals surface area (Å²) in [5.74, 6) is -2.13. The maximum Gasteiger partial charge on any atom is 0.359 e. The van der Waals surface area contributed by atoms with Crippen molar-refractivity contribution in [1.29, 1.82) is 0 Å². The molecule has 3 rings (SSSR count). The number of rotatable bonds is 13. The Morgan fingerprint density at radius 2 is 1.03 bits per heavy atom. The minimum atomic E-state index is -1.15. The van der Waals surface area contributed by atoms with Gasteiger partial charge < -0.3 is 30.0 Å². The van der Waals surface area contributed by atoms with Gasteiger partial charge in [0.15, 0.2) is 13.1 Å². The molecule has 0 spiro atoms. The second-order valence-electron chi connectivity index (χ2n) is 8.92. The zero-order valence-corrected chi connectivity index (χ0v) is 19.8. The molecule has 0 aliphatic carbocycles. The first-order valence-electron chi connectivity index (χ1n) is 11.5. The molecular formula is C27H31N2O7+. The number of carbonyl (C=O) groups is 2. The van der Waals surface area contributed by atoms with Crippen LogP contribution in [0.15, 0.2) is 72.8 Å². The highest BCUT2D eigenvalue weighted by Gasteiger charge is 2.35. The van der Waals surface area contributed by atoms with E-state index in [1.165, 1.54) is 6.07 Å². The molecular weight excluding hydrogens is 464 g/mol. The summed E-state index contributed by atoms with van der Waals surface area (Å²) in [7, 11) is 0. The fourth-order valence-electron chi connectivity index (χ4n) is 4.32. The molecule has 0 saturated carbocycles. The molecule has 9 nitrogen and oxygen atoms in total. The van der Waals surface area contributed by atoms with Gasteiger partial charge in [0.05, 0.1) is 6.54 Å². The summed E-state index contributed by atoms with van der Waals surface area (Å²) >= 11 is 0. The highest BCUT2D eigenvalue weighted by Crippen LogP contribution is 2.25. The van der Waals surface area contributed by atoms with Crippen molar-refractivity contribution in [2.75, 3.05) is 26.2 Å². The standard InChI is InChI=1S/C27H30N2O7/c30-23-10-4-1-7-20(23)15-28(16-21-8-2-5-11-24(21)31)13-14-29(18-26(33)34,19-27(35)36)17-22-9-3-6-12-25(22)32/h1-12H,13-19H2,(H4-,30,31,32,33,34,35,36)/p+1. The number of quaternary nitrogens is 1. The number of hydrogen-bond acceptors (Lipinski definition) is 6. The molecule has 0 heterocycles. The van der Waals surface area contributed by atoms with Crippen molar-refractivity contribution < 1.29 is 39.6 Å². The largest absolute Gasteiger partial charge is 0.508 e. The van der Waals surface area contributed by atoms with E-state index >= 15 is 0 Å². The number of benzene rings is 3. The molecule has 0 aliphatic heterocycles. The quantitative estimate of drug-likeness (QED) is 0.228. The Balaban J connectivity index is 1.93. The number of carboxylic acids is 2. The van der Waals surface area contributed by atoms with E-state index in [1.807, 2.05) is 4.90 Å². The van der Waals surface area contributed by atoms with Crippen LogP contribution in [0.4, 0.5) is 0 Å². The third kappa shape index (κ3) is 7.46. The van der Waals surface area contributed by atoms with Crippen LogP contribution in [0.3, 0.4) is 0 Å². The van der Waals surface area contributed by atoms with Gasteiger partial charge in [-0.3, -0.25) is 4.90 Å². The monoisotopic (exact) mass is 495 g/mol. The van der Waals surface area contributed by atoms with Crippen LogP contribution in [-0.4, -0.2) is 73.0 Å². The van der Waals surface area contributed by atoms with Crippen LogP contribution in [0.2, 0.25) is 0 Å². The van der Waals surface area contributed by atoms with E-state index in [1.54, 1.807) is 66.7 Å². The first kappa shape index (κ1) is 26.5.